The average molecular weight is 265 g/mol. The lowest BCUT2D eigenvalue weighted by molar-refractivity contribution is -0.116. The minimum absolute atomic E-state index is 0.0281. The van der Waals surface area contributed by atoms with Gasteiger partial charge in [-0.05, 0) is 30.7 Å². The van der Waals surface area contributed by atoms with Crippen molar-refractivity contribution in [1.29, 1.82) is 0 Å². The summed E-state index contributed by atoms with van der Waals surface area (Å²) in [7, 11) is 0. The summed E-state index contributed by atoms with van der Waals surface area (Å²) < 4.78 is 0. The Morgan fingerprint density at radius 2 is 2.22 bits per heavy atom. The fourth-order valence-electron chi connectivity index (χ4n) is 1.57. The molecular weight excluding hydrogens is 250 g/mol. The third kappa shape index (κ3) is 3.24. The molecule has 0 spiro atoms. The second-order valence-electron chi connectivity index (χ2n) is 3.90. The zero-order valence-corrected chi connectivity index (χ0v) is 10.9. The van der Waals surface area contributed by atoms with Crippen molar-refractivity contribution in [1.82, 2.24) is 5.48 Å². The zero-order valence-electron chi connectivity index (χ0n) is 10.0. The topological polar surface area (TPSA) is 62.7 Å². The van der Waals surface area contributed by atoms with Crippen LogP contribution in [0.15, 0.2) is 29.3 Å². The van der Waals surface area contributed by atoms with E-state index in [0.717, 1.165) is 17.7 Å². The molecule has 18 heavy (non-hydrogen) atoms. The SMILES string of the molecule is CCCC(=O)Nc1ccc(C2=NC(S)ON2)cc1. The number of anilines is 1. The van der Waals surface area contributed by atoms with Crippen molar-refractivity contribution in [3.8, 4) is 0 Å². The highest BCUT2D eigenvalue weighted by atomic mass is 32.1. The molecule has 0 aromatic heterocycles. The third-order valence-corrected chi connectivity index (χ3v) is 2.64. The molecule has 1 atom stereocenters. The second kappa shape index (κ2) is 5.88. The van der Waals surface area contributed by atoms with Gasteiger partial charge in [0.15, 0.2) is 5.84 Å². The van der Waals surface area contributed by atoms with Gasteiger partial charge < -0.3 is 5.32 Å². The molecular formula is C12H15N3O2S. The Hall–Kier alpha value is -1.53. The van der Waals surface area contributed by atoms with Crippen molar-refractivity contribution < 1.29 is 9.63 Å². The standard InChI is InChI=1S/C12H15N3O2S/c1-2-3-10(16)13-9-6-4-8(5-7-9)11-14-12(18)17-15-11/h4-7,12,18H,2-3H2,1H3,(H,13,16)(H,14,15). The lowest BCUT2D eigenvalue weighted by Crippen LogP contribution is -2.18. The van der Waals surface area contributed by atoms with Crippen LogP contribution in [0.3, 0.4) is 0 Å². The zero-order chi connectivity index (χ0) is 13.0. The molecule has 1 amide bonds. The van der Waals surface area contributed by atoms with Crippen LogP contribution in [-0.2, 0) is 9.63 Å². The largest absolute Gasteiger partial charge is 0.326 e. The molecule has 1 heterocycles. The van der Waals surface area contributed by atoms with Crippen molar-refractivity contribution >= 4 is 30.1 Å². The summed E-state index contributed by atoms with van der Waals surface area (Å²) in [6.45, 7) is 1.97. The second-order valence-corrected chi connectivity index (χ2v) is 4.34. The van der Waals surface area contributed by atoms with Crippen molar-refractivity contribution in [3.05, 3.63) is 29.8 Å². The van der Waals surface area contributed by atoms with Crippen LogP contribution in [0.4, 0.5) is 5.69 Å². The van der Waals surface area contributed by atoms with Gasteiger partial charge in [-0.2, -0.15) is 0 Å². The number of nitrogens with one attached hydrogen (secondary N) is 2. The summed E-state index contributed by atoms with van der Waals surface area (Å²) in [4.78, 5) is 20.5. The molecule has 1 aromatic rings. The van der Waals surface area contributed by atoms with Crippen molar-refractivity contribution in [2.75, 3.05) is 5.32 Å². The van der Waals surface area contributed by atoms with Gasteiger partial charge in [-0.3, -0.25) is 4.79 Å². The number of hydrogen-bond donors (Lipinski definition) is 3. The highest BCUT2D eigenvalue weighted by Crippen LogP contribution is 2.14. The molecule has 96 valence electrons. The lowest BCUT2D eigenvalue weighted by Gasteiger charge is -2.05. The number of amides is 1. The van der Waals surface area contributed by atoms with E-state index in [1.165, 1.54) is 0 Å². The van der Waals surface area contributed by atoms with Crippen molar-refractivity contribution in [3.63, 3.8) is 0 Å². The Morgan fingerprint density at radius 1 is 1.50 bits per heavy atom. The fourth-order valence-corrected chi connectivity index (χ4v) is 1.74. The number of amidine groups is 1. The van der Waals surface area contributed by atoms with E-state index in [9.17, 15) is 4.79 Å². The van der Waals surface area contributed by atoms with Crippen LogP contribution in [0, 0.1) is 0 Å². The molecule has 2 N–H and O–H groups in total. The van der Waals surface area contributed by atoms with E-state index in [2.05, 4.69) is 28.4 Å². The highest BCUT2D eigenvalue weighted by Gasteiger charge is 2.14. The predicted molar refractivity (Wildman–Crippen MR) is 73.5 cm³/mol. The summed E-state index contributed by atoms with van der Waals surface area (Å²) in [5.74, 6) is 0.668. The minimum Gasteiger partial charge on any atom is -0.326 e. The molecule has 0 radical (unpaired) electrons. The van der Waals surface area contributed by atoms with Gasteiger partial charge in [-0.25, -0.2) is 15.3 Å². The van der Waals surface area contributed by atoms with E-state index < -0.39 is 5.56 Å². The number of thiol groups is 1. The number of benzene rings is 1. The number of nitrogens with zero attached hydrogens (tertiary/aromatic N) is 1. The van der Waals surface area contributed by atoms with Gasteiger partial charge in [0, 0.05) is 17.7 Å². The monoisotopic (exact) mass is 265 g/mol. The Balaban J connectivity index is 2.02. The van der Waals surface area contributed by atoms with Gasteiger partial charge in [0.25, 0.3) is 0 Å². The molecule has 1 aliphatic rings. The van der Waals surface area contributed by atoms with Crippen LogP contribution >= 0.6 is 12.6 Å². The average Bonchev–Trinajstić information content (AvgIpc) is 2.77. The maximum atomic E-state index is 11.4. The van der Waals surface area contributed by atoms with Crippen LogP contribution in [0.1, 0.15) is 25.3 Å². The molecule has 5 nitrogen and oxygen atoms in total. The van der Waals surface area contributed by atoms with E-state index in [1.54, 1.807) is 0 Å². The van der Waals surface area contributed by atoms with Gasteiger partial charge in [-0.15, -0.1) is 12.6 Å². The summed E-state index contributed by atoms with van der Waals surface area (Å²) >= 11 is 4.06. The molecule has 0 saturated heterocycles. The molecule has 1 unspecified atom stereocenters. The summed E-state index contributed by atoms with van der Waals surface area (Å²) in [5.41, 5.74) is 3.89. The number of hydroxylamine groups is 1. The molecule has 0 aliphatic carbocycles. The van der Waals surface area contributed by atoms with Crippen LogP contribution in [-0.4, -0.2) is 17.3 Å². The Labute approximate surface area is 111 Å². The lowest BCUT2D eigenvalue weighted by atomic mass is 10.2. The first kappa shape index (κ1) is 12.9. The van der Waals surface area contributed by atoms with Crippen molar-refractivity contribution in [2.45, 2.75) is 25.3 Å². The number of carbonyl (C=O) groups excluding carboxylic acids is 1. The first-order valence-electron chi connectivity index (χ1n) is 5.77. The quantitative estimate of drug-likeness (QED) is 0.729. The first-order chi connectivity index (χ1) is 8.69. The molecule has 0 saturated carbocycles. The van der Waals surface area contributed by atoms with E-state index in [0.29, 0.717) is 12.3 Å². The van der Waals surface area contributed by atoms with Crippen molar-refractivity contribution in [2.24, 2.45) is 4.99 Å². The highest BCUT2D eigenvalue weighted by molar-refractivity contribution is 7.80. The minimum atomic E-state index is -0.469. The number of rotatable bonds is 4. The Kier molecular flexibility index (Phi) is 4.22. The summed E-state index contributed by atoms with van der Waals surface area (Å²) in [5, 5.41) is 2.82. The number of carbonyl (C=O) groups is 1. The molecule has 0 fully saturated rings. The Morgan fingerprint density at radius 3 is 2.78 bits per heavy atom. The molecule has 0 bridgehead atoms. The predicted octanol–water partition coefficient (Wildman–Crippen LogP) is 1.92. The number of hydrogen-bond acceptors (Lipinski definition) is 5. The summed E-state index contributed by atoms with van der Waals surface area (Å²) in [6, 6.07) is 7.39. The van der Waals surface area contributed by atoms with Crippen LogP contribution in [0.5, 0.6) is 0 Å². The van der Waals surface area contributed by atoms with Gasteiger partial charge in [-0.1, -0.05) is 6.92 Å². The molecule has 6 heteroatoms. The molecule has 1 aliphatic heterocycles. The van der Waals surface area contributed by atoms with Crippen LogP contribution < -0.4 is 10.8 Å². The van der Waals surface area contributed by atoms with Gasteiger partial charge in [0.1, 0.15) is 0 Å². The number of aliphatic imine (C=N–C) groups is 1. The van der Waals surface area contributed by atoms with E-state index in [1.807, 2.05) is 31.2 Å². The fraction of sp³-hybridized carbons (Fsp3) is 0.333. The van der Waals surface area contributed by atoms with E-state index in [4.69, 9.17) is 4.84 Å². The van der Waals surface area contributed by atoms with Gasteiger partial charge in [0.2, 0.25) is 11.5 Å². The van der Waals surface area contributed by atoms with E-state index >= 15 is 0 Å². The summed E-state index contributed by atoms with van der Waals surface area (Å²) in [6.07, 6.45) is 1.37. The smallest absolute Gasteiger partial charge is 0.224 e. The van der Waals surface area contributed by atoms with Crippen LogP contribution in [0.25, 0.3) is 0 Å². The maximum Gasteiger partial charge on any atom is 0.224 e. The first-order valence-corrected chi connectivity index (χ1v) is 6.28. The van der Waals surface area contributed by atoms with E-state index in [-0.39, 0.29) is 5.91 Å². The molecule has 2 rings (SSSR count). The van der Waals surface area contributed by atoms with Gasteiger partial charge in [0.05, 0.1) is 0 Å². The normalized spacial score (nSPS) is 18.1. The van der Waals surface area contributed by atoms with Crippen LogP contribution in [0.2, 0.25) is 0 Å². The Bertz CT molecular complexity index is 459. The molecule has 1 aromatic carbocycles. The third-order valence-electron chi connectivity index (χ3n) is 2.42. The maximum absolute atomic E-state index is 11.4. The van der Waals surface area contributed by atoms with Gasteiger partial charge >= 0.3 is 0 Å².